The summed E-state index contributed by atoms with van der Waals surface area (Å²) in [5.41, 5.74) is 0.724. The highest BCUT2D eigenvalue weighted by atomic mass is 32.2. The Hall–Kier alpha value is -1.60. The van der Waals surface area contributed by atoms with Crippen molar-refractivity contribution in [3.63, 3.8) is 0 Å². The zero-order valence-corrected chi connectivity index (χ0v) is 11.0. The third-order valence-electron chi connectivity index (χ3n) is 2.09. The van der Waals surface area contributed by atoms with Crippen molar-refractivity contribution >= 4 is 16.3 Å². The largest absolute Gasteiger partial charge is 0.497 e. The molecule has 0 aliphatic rings. The Bertz CT molecular complexity index is 502. The number of aliphatic imine (C=N–C) groups is 1. The summed E-state index contributed by atoms with van der Waals surface area (Å²) in [7, 11) is -0.896. The van der Waals surface area contributed by atoms with Crippen LogP contribution in [0.2, 0.25) is 0 Å². The second kappa shape index (κ2) is 6.36. The quantitative estimate of drug-likeness (QED) is 0.617. The first-order chi connectivity index (χ1) is 8.44. The Morgan fingerprint density at radius 3 is 2.22 bits per heavy atom. The molecule has 100 valence electrons. The maximum atomic E-state index is 10.5. The maximum absolute atomic E-state index is 10.5. The molecule has 0 spiro atoms. The Morgan fingerprint density at radius 2 is 1.78 bits per heavy atom. The summed E-state index contributed by atoms with van der Waals surface area (Å²) < 4.78 is 39.7. The zero-order chi connectivity index (χ0) is 13.6. The van der Waals surface area contributed by atoms with Gasteiger partial charge in [-0.25, -0.2) is 0 Å². The van der Waals surface area contributed by atoms with Crippen LogP contribution in [0.15, 0.2) is 23.2 Å². The topological polar surface area (TPSA) is 85.2 Å². The van der Waals surface area contributed by atoms with Crippen molar-refractivity contribution in [2.45, 2.75) is 0 Å². The molecule has 1 aromatic carbocycles. The summed E-state index contributed by atoms with van der Waals surface area (Å²) in [5, 5.41) is 0. The van der Waals surface area contributed by atoms with Gasteiger partial charge in [-0.3, -0.25) is 9.55 Å². The van der Waals surface area contributed by atoms with Crippen molar-refractivity contribution in [1.82, 2.24) is 0 Å². The van der Waals surface area contributed by atoms with Gasteiger partial charge in [-0.05, 0) is 17.7 Å². The summed E-state index contributed by atoms with van der Waals surface area (Å²) in [6.07, 6.45) is 1.50. The van der Waals surface area contributed by atoms with Gasteiger partial charge in [0, 0.05) is 12.3 Å². The number of benzene rings is 1. The van der Waals surface area contributed by atoms with Crippen LogP contribution in [-0.2, 0) is 10.1 Å². The molecule has 0 amide bonds. The number of hydrogen-bond donors (Lipinski definition) is 1. The first kappa shape index (κ1) is 14.5. The van der Waals surface area contributed by atoms with Crippen LogP contribution in [0.3, 0.4) is 0 Å². The highest BCUT2D eigenvalue weighted by Crippen LogP contribution is 2.21. The summed E-state index contributed by atoms with van der Waals surface area (Å²) in [6, 6.07) is 5.19. The minimum absolute atomic E-state index is 0.00163. The lowest BCUT2D eigenvalue weighted by Gasteiger charge is -2.05. The van der Waals surface area contributed by atoms with Gasteiger partial charge in [0.05, 0.1) is 26.5 Å². The van der Waals surface area contributed by atoms with Crippen molar-refractivity contribution in [3.05, 3.63) is 23.8 Å². The van der Waals surface area contributed by atoms with Crippen LogP contribution in [0, 0.1) is 0 Å². The van der Waals surface area contributed by atoms with Crippen molar-refractivity contribution in [2.24, 2.45) is 4.99 Å². The molecule has 0 aromatic heterocycles. The van der Waals surface area contributed by atoms with Gasteiger partial charge in [0.25, 0.3) is 10.1 Å². The number of nitrogens with zero attached hydrogens (tertiary/aromatic N) is 1. The monoisotopic (exact) mass is 273 g/mol. The third kappa shape index (κ3) is 5.15. The van der Waals surface area contributed by atoms with E-state index < -0.39 is 15.9 Å². The number of methoxy groups -OCH3 is 2. The third-order valence-corrected chi connectivity index (χ3v) is 2.79. The molecule has 7 heteroatoms. The minimum Gasteiger partial charge on any atom is -0.497 e. The van der Waals surface area contributed by atoms with Crippen molar-refractivity contribution in [2.75, 3.05) is 26.5 Å². The van der Waals surface area contributed by atoms with Gasteiger partial charge in [-0.2, -0.15) is 8.42 Å². The predicted octanol–water partition coefficient (Wildman–Crippen LogP) is 1.01. The molecule has 18 heavy (non-hydrogen) atoms. The van der Waals surface area contributed by atoms with Crippen LogP contribution in [0.5, 0.6) is 11.5 Å². The average Bonchev–Trinajstić information content (AvgIpc) is 2.33. The molecule has 1 rings (SSSR count). The van der Waals surface area contributed by atoms with Crippen molar-refractivity contribution in [1.29, 1.82) is 0 Å². The lowest BCUT2D eigenvalue weighted by molar-refractivity contribution is 0.394. The van der Waals surface area contributed by atoms with Gasteiger partial charge in [-0.15, -0.1) is 0 Å². The minimum atomic E-state index is -3.97. The lowest BCUT2D eigenvalue weighted by atomic mass is 10.2. The molecule has 0 fully saturated rings. The summed E-state index contributed by atoms with van der Waals surface area (Å²) in [5.74, 6) is 0.834. The Kier molecular flexibility index (Phi) is 5.11. The van der Waals surface area contributed by atoms with Gasteiger partial charge >= 0.3 is 0 Å². The molecular formula is C11H15NO5S. The number of hydrogen-bond acceptors (Lipinski definition) is 5. The Balaban J connectivity index is 2.74. The maximum Gasteiger partial charge on any atom is 0.266 e. The smallest absolute Gasteiger partial charge is 0.266 e. The first-order valence-electron chi connectivity index (χ1n) is 5.12. The van der Waals surface area contributed by atoms with E-state index in [1.54, 1.807) is 18.2 Å². The van der Waals surface area contributed by atoms with E-state index in [2.05, 4.69) is 4.99 Å². The molecule has 6 nitrogen and oxygen atoms in total. The molecule has 0 atom stereocenters. The van der Waals surface area contributed by atoms with Crippen LogP contribution < -0.4 is 9.47 Å². The molecule has 0 radical (unpaired) electrons. The molecule has 0 unspecified atom stereocenters. The molecule has 0 aliphatic carbocycles. The zero-order valence-electron chi connectivity index (χ0n) is 10.2. The molecule has 0 saturated heterocycles. The van der Waals surface area contributed by atoms with E-state index in [4.69, 9.17) is 14.0 Å². The van der Waals surface area contributed by atoms with Crippen molar-refractivity contribution < 1.29 is 22.4 Å². The van der Waals surface area contributed by atoms with Gasteiger partial charge < -0.3 is 9.47 Å². The van der Waals surface area contributed by atoms with Crippen LogP contribution in [-0.4, -0.2) is 45.7 Å². The second-order valence-electron chi connectivity index (χ2n) is 3.47. The van der Waals surface area contributed by atoms with E-state index in [0.29, 0.717) is 11.5 Å². The fourth-order valence-corrected chi connectivity index (χ4v) is 1.58. The summed E-state index contributed by atoms with van der Waals surface area (Å²) >= 11 is 0. The van der Waals surface area contributed by atoms with Crippen molar-refractivity contribution in [3.8, 4) is 11.5 Å². The normalized spacial score (nSPS) is 11.7. The Morgan fingerprint density at radius 1 is 1.22 bits per heavy atom. The van der Waals surface area contributed by atoms with E-state index in [1.165, 1.54) is 20.4 Å². The molecule has 1 aromatic rings. The van der Waals surface area contributed by atoms with E-state index in [9.17, 15) is 8.42 Å². The van der Waals surface area contributed by atoms with E-state index >= 15 is 0 Å². The van der Waals surface area contributed by atoms with E-state index in [1.807, 2.05) is 0 Å². The highest BCUT2D eigenvalue weighted by Gasteiger charge is 2.02. The van der Waals surface area contributed by atoms with E-state index in [-0.39, 0.29) is 6.54 Å². The van der Waals surface area contributed by atoms with Gasteiger partial charge in [-0.1, -0.05) is 0 Å². The second-order valence-corrected chi connectivity index (χ2v) is 5.04. The average molecular weight is 273 g/mol. The lowest BCUT2D eigenvalue weighted by Crippen LogP contribution is -2.06. The summed E-state index contributed by atoms with van der Waals surface area (Å²) in [6.45, 7) is -0.00163. The Labute approximate surface area is 106 Å². The molecule has 0 saturated carbocycles. The van der Waals surface area contributed by atoms with Gasteiger partial charge in [0.1, 0.15) is 11.5 Å². The fourth-order valence-electron chi connectivity index (χ4n) is 1.24. The SMILES string of the molecule is COc1cc(C=NCCS(=O)(=O)O)cc(OC)c1. The molecule has 0 heterocycles. The molecular weight excluding hydrogens is 258 g/mol. The molecule has 0 bridgehead atoms. The molecule has 0 aliphatic heterocycles. The van der Waals surface area contributed by atoms with Crippen LogP contribution in [0.4, 0.5) is 0 Å². The van der Waals surface area contributed by atoms with Gasteiger partial charge in [0.15, 0.2) is 0 Å². The van der Waals surface area contributed by atoms with E-state index in [0.717, 1.165) is 5.56 Å². The first-order valence-corrected chi connectivity index (χ1v) is 6.73. The fraction of sp³-hybridized carbons (Fsp3) is 0.364. The highest BCUT2D eigenvalue weighted by molar-refractivity contribution is 7.85. The van der Waals surface area contributed by atoms with Gasteiger partial charge in [0.2, 0.25) is 0 Å². The number of ether oxygens (including phenoxy) is 2. The van der Waals surface area contributed by atoms with Crippen LogP contribution in [0.25, 0.3) is 0 Å². The number of rotatable bonds is 6. The molecule has 1 N–H and O–H groups in total. The summed E-state index contributed by atoms with van der Waals surface area (Å²) in [4.78, 5) is 3.90. The standard InChI is InChI=1S/C11H15NO5S/c1-16-10-5-9(6-11(7-10)17-2)8-12-3-4-18(13,14)15/h5-8H,3-4H2,1-2H3,(H,13,14,15). The predicted molar refractivity (Wildman–Crippen MR) is 68.4 cm³/mol. The van der Waals surface area contributed by atoms with Crippen LogP contribution >= 0.6 is 0 Å². The van der Waals surface area contributed by atoms with Crippen LogP contribution in [0.1, 0.15) is 5.56 Å².